The van der Waals surface area contributed by atoms with Crippen LogP contribution in [0.3, 0.4) is 0 Å². The normalized spacial score (nSPS) is 60.0. The van der Waals surface area contributed by atoms with Crippen LogP contribution in [0.5, 0.6) is 0 Å². The molecular weight excluding hydrogens is 260 g/mol. The Morgan fingerprint density at radius 1 is 0.810 bits per heavy atom. The van der Waals surface area contributed by atoms with Crippen molar-refractivity contribution < 1.29 is 10.2 Å². The molecule has 7 atom stereocenters. The minimum absolute atomic E-state index is 0.0363. The van der Waals surface area contributed by atoms with E-state index in [0.717, 1.165) is 31.6 Å². The number of aliphatic hydroxyl groups excluding tert-OH is 1. The van der Waals surface area contributed by atoms with Crippen molar-refractivity contribution in [2.45, 2.75) is 89.8 Å². The van der Waals surface area contributed by atoms with Gasteiger partial charge in [-0.2, -0.15) is 0 Å². The second-order valence-electron chi connectivity index (χ2n) is 9.22. The summed E-state index contributed by atoms with van der Waals surface area (Å²) in [6, 6.07) is 0. The Morgan fingerprint density at radius 2 is 1.57 bits per heavy atom. The molecule has 2 heteroatoms. The minimum Gasteiger partial charge on any atom is -0.390 e. The van der Waals surface area contributed by atoms with Crippen molar-refractivity contribution in [1.82, 2.24) is 0 Å². The van der Waals surface area contributed by atoms with Gasteiger partial charge in [0.1, 0.15) is 0 Å². The molecule has 0 heterocycles. The molecule has 21 heavy (non-hydrogen) atoms. The molecule has 4 saturated carbocycles. The van der Waals surface area contributed by atoms with E-state index in [1.165, 1.54) is 38.5 Å². The van der Waals surface area contributed by atoms with Crippen LogP contribution in [0.4, 0.5) is 0 Å². The van der Waals surface area contributed by atoms with Gasteiger partial charge < -0.3 is 10.2 Å². The summed E-state index contributed by atoms with van der Waals surface area (Å²) in [5.74, 6) is 1.86. The van der Waals surface area contributed by atoms with Gasteiger partial charge in [-0.25, -0.2) is 0 Å². The summed E-state index contributed by atoms with van der Waals surface area (Å²) in [6.45, 7) is 4.76. The fourth-order valence-electron chi connectivity index (χ4n) is 7.26. The lowest BCUT2D eigenvalue weighted by Crippen LogP contribution is -2.64. The first kappa shape index (κ1) is 14.5. The van der Waals surface area contributed by atoms with Gasteiger partial charge in [-0.3, -0.25) is 0 Å². The molecule has 4 fully saturated rings. The molecule has 0 radical (unpaired) electrons. The summed E-state index contributed by atoms with van der Waals surface area (Å²) in [6.07, 6.45) is 11.7. The lowest BCUT2D eigenvalue weighted by molar-refractivity contribution is -0.228. The first-order chi connectivity index (χ1) is 9.92. The molecule has 120 valence electrons. The van der Waals surface area contributed by atoms with Crippen LogP contribution in [-0.2, 0) is 0 Å². The SMILES string of the molecule is C[C@]12CCCC[C@@H]1CC[C@@H]1[C@@H]2CC[C@]2(C)CC[C@@H](O)[C@]12O. The quantitative estimate of drug-likeness (QED) is 0.711. The zero-order valence-electron chi connectivity index (χ0n) is 13.8. The fraction of sp³-hybridized carbons (Fsp3) is 1.00. The van der Waals surface area contributed by atoms with Gasteiger partial charge in [-0.1, -0.05) is 26.7 Å². The van der Waals surface area contributed by atoms with Crippen molar-refractivity contribution in [1.29, 1.82) is 0 Å². The van der Waals surface area contributed by atoms with Crippen LogP contribution in [0.25, 0.3) is 0 Å². The maximum absolute atomic E-state index is 11.6. The topological polar surface area (TPSA) is 40.5 Å². The molecule has 2 nitrogen and oxygen atoms in total. The van der Waals surface area contributed by atoms with Gasteiger partial charge in [-0.05, 0) is 80.0 Å². The van der Waals surface area contributed by atoms with Gasteiger partial charge in [0.25, 0.3) is 0 Å². The molecule has 4 aliphatic carbocycles. The number of hydrogen-bond acceptors (Lipinski definition) is 2. The predicted molar refractivity (Wildman–Crippen MR) is 83.8 cm³/mol. The maximum atomic E-state index is 11.6. The third-order valence-corrected chi connectivity index (χ3v) is 8.63. The highest BCUT2D eigenvalue weighted by Gasteiger charge is 2.67. The molecule has 0 aliphatic heterocycles. The van der Waals surface area contributed by atoms with Crippen molar-refractivity contribution in [3.8, 4) is 0 Å². The van der Waals surface area contributed by atoms with Crippen molar-refractivity contribution >= 4 is 0 Å². The van der Waals surface area contributed by atoms with Gasteiger partial charge in [0, 0.05) is 0 Å². The van der Waals surface area contributed by atoms with E-state index in [1.807, 2.05) is 0 Å². The zero-order valence-corrected chi connectivity index (χ0v) is 13.8. The first-order valence-electron chi connectivity index (χ1n) is 9.32. The highest BCUT2D eigenvalue weighted by molar-refractivity contribution is 5.17. The van der Waals surface area contributed by atoms with Crippen LogP contribution >= 0.6 is 0 Å². The average Bonchev–Trinajstić information content (AvgIpc) is 2.71. The van der Waals surface area contributed by atoms with Crippen molar-refractivity contribution in [2.24, 2.45) is 28.6 Å². The average molecular weight is 292 g/mol. The molecule has 0 unspecified atom stereocenters. The van der Waals surface area contributed by atoms with Crippen LogP contribution in [0.1, 0.15) is 78.1 Å². The molecular formula is C19H32O2. The second-order valence-corrected chi connectivity index (χ2v) is 9.22. The van der Waals surface area contributed by atoms with Crippen molar-refractivity contribution in [3.63, 3.8) is 0 Å². The van der Waals surface area contributed by atoms with Crippen LogP contribution in [0.2, 0.25) is 0 Å². The Hall–Kier alpha value is -0.0800. The number of hydrogen-bond donors (Lipinski definition) is 2. The predicted octanol–water partition coefficient (Wildman–Crippen LogP) is 3.90. The number of rotatable bonds is 0. The van der Waals surface area contributed by atoms with Gasteiger partial charge in [0.15, 0.2) is 0 Å². The summed E-state index contributed by atoms with van der Waals surface area (Å²) in [7, 11) is 0. The van der Waals surface area contributed by atoms with E-state index in [-0.39, 0.29) is 5.41 Å². The minimum atomic E-state index is -0.804. The standard InChI is InChI=1S/C19H32O2/c1-17-11-8-14-15(19(17,21)16(20)9-12-17)7-6-13-5-3-4-10-18(13,14)2/h13-16,20-21H,3-12H2,1-2H3/t13-,14+,15-,16-,17-,18+,19-/m1/s1. The Kier molecular flexibility index (Phi) is 3.09. The third kappa shape index (κ3) is 1.67. The summed E-state index contributed by atoms with van der Waals surface area (Å²) in [5, 5.41) is 22.2. The molecule has 0 spiro atoms. The van der Waals surface area contributed by atoms with E-state index in [0.29, 0.717) is 17.3 Å². The first-order valence-corrected chi connectivity index (χ1v) is 9.32. The number of fused-ring (bicyclic) bond motifs is 5. The molecule has 4 aliphatic rings. The monoisotopic (exact) mass is 292 g/mol. The van der Waals surface area contributed by atoms with Crippen molar-refractivity contribution in [3.05, 3.63) is 0 Å². The van der Waals surface area contributed by atoms with E-state index in [9.17, 15) is 10.2 Å². The Morgan fingerprint density at radius 3 is 2.38 bits per heavy atom. The summed E-state index contributed by atoms with van der Waals surface area (Å²) >= 11 is 0. The van der Waals surface area contributed by atoms with Crippen LogP contribution in [0, 0.1) is 28.6 Å². The number of aliphatic hydroxyl groups is 2. The van der Waals surface area contributed by atoms with Gasteiger partial charge in [0.2, 0.25) is 0 Å². The second kappa shape index (κ2) is 4.47. The highest BCUT2D eigenvalue weighted by Crippen LogP contribution is 2.67. The Bertz CT molecular complexity index is 435. The Labute approximate surface area is 129 Å². The molecule has 0 aromatic rings. The van der Waals surface area contributed by atoms with Crippen LogP contribution in [0.15, 0.2) is 0 Å². The lowest BCUT2D eigenvalue weighted by atomic mass is 9.44. The molecule has 4 rings (SSSR count). The van der Waals surface area contributed by atoms with Gasteiger partial charge in [0.05, 0.1) is 11.7 Å². The molecule has 0 saturated heterocycles. The van der Waals surface area contributed by atoms with Crippen LogP contribution < -0.4 is 0 Å². The molecule has 2 N–H and O–H groups in total. The van der Waals surface area contributed by atoms with E-state index < -0.39 is 11.7 Å². The molecule has 0 aromatic heterocycles. The molecule has 0 amide bonds. The largest absolute Gasteiger partial charge is 0.390 e. The summed E-state index contributed by atoms with van der Waals surface area (Å²) in [4.78, 5) is 0. The van der Waals surface area contributed by atoms with E-state index >= 15 is 0 Å². The molecule has 0 bridgehead atoms. The van der Waals surface area contributed by atoms with E-state index in [2.05, 4.69) is 13.8 Å². The summed E-state index contributed by atoms with van der Waals surface area (Å²) in [5.41, 5.74) is -0.409. The molecule has 0 aromatic carbocycles. The lowest BCUT2D eigenvalue weighted by Gasteiger charge is -2.63. The smallest absolute Gasteiger partial charge is 0.0989 e. The van der Waals surface area contributed by atoms with Gasteiger partial charge >= 0.3 is 0 Å². The van der Waals surface area contributed by atoms with Crippen LogP contribution in [-0.4, -0.2) is 21.9 Å². The van der Waals surface area contributed by atoms with Crippen molar-refractivity contribution in [2.75, 3.05) is 0 Å². The fourth-order valence-corrected chi connectivity index (χ4v) is 7.26. The van der Waals surface area contributed by atoms with E-state index in [1.54, 1.807) is 0 Å². The Balaban J connectivity index is 1.72. The van der Waals surface area contributed by atoms with Gasteiger partial charge in [-0.15, -0.1) is 0 Å². The maximum Gasteiger partial charge on any atom is 0.0989 e. The highest BCUT2D eigenvalue weighted by atomic mass is 16.3. The third-order valence-electron chi connectivity index (χ3n) is 8.63. The van der Waals surface area contributed by atoms with E-state index in [4.69, 9.17) is 0 Å². The zero-order chi connectivity index (χ0) is 14.9. The summed E-state index contributed by atoms with van der Waals surface area (Å²) < 4.78 is 0.